The maximum absolute atomic E-state index is 4.94. The monoisotopic (exact) mass is 213 g/mol. The zero-order chi connectivity index (χ0) is 8.10. The molecule has 0 aliphatic carbocycles. The van der Waals surface area contributed by atoms with Gasteiger partial charge in [0.25, 0.3) is 0 Å². The first-order valence-electron chi connectivity index (χ1n) is 3.14. The van der Waals surface area contributed by atoms with Crippen molar-refractivity contribution in [1.29, 1.82) is 0 Å². The van der Waals surface area contributed by atoms with E-state index in [2.05, 4.69) is 20.9 Å². The van der Waals surface area contributed by atoms with Gasteiger partial charge in [-0.1, -0.05) is 22.0 Å². The van der Waals surface area contributed by atoms with Gasteiger partial charge in [-0.3, -0.25) is 0 Å². The Labute approximate surface area is 74.0 Å². The van der Waals surface area contributed by atoms with Gasteiger partial charge in [0.15, 0.2) is 0 Å². The molecule has 0 unspecified atom stereocenters. The van der Waals surface area contributed by atoms with Crippen molar-refractivity contribution in [2.24, 2.45) is 0 Å². The van der Waals surface area contributed by atoms with Crippen LogP contribution in [0.3, 0.4) is 0 Å². The van der Waals surface area contributed by atoms with Gasteiger partial charge >= 0.3 is 0 Å². The molecular formula is C8H8BrNO. The highest BCUT2D eigenvalue weighted by Gasteiger charge is 1.91. The number of halogens is 1. The standard InChI is InChI=1S/C8H8BrNO/c1-11-8-4-2-3-7(10-8)5-6-9/h2-6H,1H3/b6-5+. The van der Waals surface area contributed by atoms with E-state index in [1.165, 1.54) is 0 Å². The first-order chi connectivity index (χ1) is 5.36. The van der Waals surface area contributed by atoms with Gasteiger partial charge in [0, 0.05) is 6.07 Å². The number of pyridine rings is 1. The first kappa shape index (κ1) is 8.27. The molecule has 0 saturated heterocycles. The number of hydrogen-bond acceptors (Lipinski definition) is 2. The minimum Gasteiger partial charge on any atom is -0.481 e. The lowest BCUT2D eigenvalue weighted by molar-refractivity contribution is 0.397. The van der Waals surface area contributed by atoms with Gasteiger partial charge in [-0.15, -0.1) is 0 Å². The molecule has 0 aliphatic rings. The van der Waals surface area contributed by atoms with Crippen LogP contribution in [0.4, 0.5) is 0 Å². The number of aromatic nitrogens is 1. The minimum absolute atomic E-state index is 0.633. The molecule has 1 aromatic rings. The van der Waals surface area contributed by atoms with Crippen molar-refractivity contribution >= 4 is 22.0 Å². The highest BCUT2D eigenvalue weighted by atomic mass is 79.9. The van der Waals surface area contributed by atoms with Gasteiger partial charge in [0.2, 0.25) is 5.88 Å². The SMILES string of the molecule is COc1cccc(/C=C/Br)n1. The molecular weight excluding hydrogens is 206 g/mol. The Bertz CT molecular complexity index is 260. The number of methoxy groups -OCH3 is 1. The third-order valence-corrected chi connectivity index (χ3v) is 1.45. The van der Waals surface area contributed by atoms with Crippen LogP contribution in [0.5, 0.6) is 5.88 Å². The van der Waals surface area contributed by atoms with Gasteiger partial charge in [0.05, 0.1) is 12.8 Å². The van der Waals surface area contributed by atoms with Crippen molar-refractivity contribution in [3.63, 3.8) is 0 Å². The highest BCUT2D eigenvalue weighted by Crippen LogP contribution is 2.08. The van der Waals surface area contributed by atoms with Crippen molar-refractivity contribution in [2.75, 3.05) is 7.11 Å². The molecule has 0 radical (unpaired) electrons. The summed E-state index contributed by atoms with van der Waals surface area (Å²) in [6.45, 7) is 0. The number of nitrogens with zero attached hydrogens (tertiary/aromatic N) is 1. The molecule has 0 N–H and O–H groups in total. The first-order valence-corrected chi connectivity index (χ1v) is 4.06. The summed E-state index contributed by atoms with van der Waals surface area (Å²) >= 11 is 3.17. The van der Waals surface area contributed by atoms with Crippen LogP contribution in [0.25, 0.3) is 6.08 Å². The number of ether oxygens (including phenoxy) is 1. The van der Waals surface area contributed by atoms with Crippen LogP contribution >= 0.6 is 15.9 Å². The Hall–Kier alpha value is -0.830. The predicted octanol–water partition coefficient (Wildman–Crippen LogP) is 2.46. The fraction of sp³-hybridized carbons (Fsp3) is 0.125. The minimum atomic E-state index is 0.633. The Morgan fingerprint density at radius 1 is 1.55 bits per heavy atom. The molecule has 1 aromatic heterocycles. The van der Waals surface area contributed by atoms with Crippen molar-refractivity contribution in [3.8, 4) is 5.88 Å². The average Bonchev–Trinajstić information content (AvgIpc) is 2.06. The smallest absolute Gasteiger partial charge is 0.213 e. The van der Waals surface area contributed by atoms with Crippen molar-refractivity contribution in [1.82, 2.24) is 4.98 Å². The van der Waals surface area contributed by atoms with E-state index in [1.807, 2.05) is 24.3 Å². The second-order valence-corrected chi connectivity index (χ2v) is 2.43. The van der Waals surface area contributed by atoms with E-state index in [4.69, 9.17) is 4.74 Å². The highest BCUT2D eigenvalue weighted by molar-refractivity contribution is 9.11. The summed E-state index contributed by atoms with van der Waals surface area (Å²) in [6.07, 6.45) is 1.85. The maximum Gasteiger partial charge on any atom is 0.213 e. The van der Waals surface area contributed by atoms with Crippen LogP contribution in [0, 0.1) is 0 Å². The molecule has 0 aliphatic heterocycles. The molecule has 0 amide bonds. The third kappa shape index (κ3) is 2.35. The normalized spacial score (nSPS) is 10.4. The van der Waals surface area contributed by atoms with Crippen molar-refractivity contribution < 1.29 is 4.74 Å². The zero-order valence-electron chi connectivity index (χ0n) is 6.12. The predicted molar refractivity (Wildman–Crippen MR) is 48.8 cm³/mol. The van der Waals surface area contributed by atoms with E-state index in [9.17, 15) is 0 Å². The van der Waals surface area contributed by atoms with Gasteiger partial charge in [-0.05, 0) is 17.1 Å². The molecule has 58 valence electrons. The van der Waals surface area contributed by atoms with Gasteiger partial charge in [0.1, 0.15) is 0 Å². The van der Waals surface area contributed by atoms with E-state index >= 15 is 0 Å². The second-order valence-electron chi connectivity index (χ2n) is 1.90. The third-order valence-electron chi connectivity index (χ3n) is 1.19. The molecule has 0 atom stereocenters. The summed E-state index contributed by atoms with van der Waals surface area (Å²) < 4.78 is 4.94. The molecule has 2 nitrogen and oxygen atoms in total. The zero-order valence-corrected chi connectivity index (χ0v) is 7.71. The summed E-state index contributed by atoms with van der Waals surface area (Å²) in [5.74, 6) is 0.633. The lowest BCUT2D eigenvalue weighted by Crippen LogP contribution is -1.87. The van der Waals surface area contributed by atoms with Crippen LogP contribution in [-0.2, 0) is 0 Å². The van der Waals surface area contributed by atoms with Crippen LogP contribution in [0.1, 0.15) is 5.69 Å². The van der Waals surface area contributed by atoms with Gasteiger partial charge < -0.3 is 4.74 Å². The molecule has 1 heterocycles. The van der Waals surface area contributed by atoms with E-state index in [0.29, 0.717) is 5.88 Å². The Kier molecular flexibility index (Phi) is 3.11. The van der Waals surface area contributed by atoms with Crippen LogP contribution < -0.4 is 4.74 Å². The second kappa shape index (κ2) is 4.13. The van der Waals surface area contributed by atoms with E-state index in [0.717, 1.165) is 5.69 Å². The summed E-state index contributed by atoms with van der Waals surface area (Å²) in [5.41, 5.74) is 0.876. The molecule has 0 bridgehead atoms. The lowest BCUT2D eigenvalue weighted by Gasteiger charge is -1.97. The summed E-state index contributed by atoms with van der Waals surface area (Å²) in [7, 11) is 1.60. The molecule has 1 rings (SSSR count). The van der Waals surface area contributed by atoms with E-state index in [-0.39, 0.29) is 0 Å². The van der Waals surface area contributed by atoms with E-state index in [1.54, 1.807) is 12.1 Å². The Morgan fingerprint density at radius 2 is 2.36 bits per heavy atom. The van der Waals surface area contributed by atoms with Crippen molar-refractivity contribution in [3.05, 3.63) is 28.9 Å². The summed E-state index contributed by atoms with van der Waals surface area (Å²) in [6, 6.07) is 5.61. The quantitative estimate of drug-likeness (QED) is 0.754. The number of hydrogen-bond donors (Lipinski definition) is 0. The van der Waals surface area contributed by atoms with Crippen LogP contribution in [0.2, 0.25) is 0 Å². The largest absolute Gasteiger partial charge is 0.481 e. The summed E-state index contributed by atoms with van der Waals surface area (Å²) in [4.78, 5) is 5.90. The van der Waals surface area contributed by atoms with Crippen LogP contribution in [0.15, 0.2) is 23.2 Å². The average molecular weight is 214 g/mol. The Balaban J connectivity index is 2.91. The lowest BCUT2D eigenvalue weighted by atomic mass is 10.3. The van der Waals surface area contributed by atoms with Crippen LogP contribution in [-0.4, -0.2) is 12.1 Å². The fourth-order valence-electron chi connectivity index (χ4n) is 0.702. The Morgan fingerprint density at radius 3 is 3.00 bits per heavy atom. The maximum atomic E-state index is 4.94. The van der Waals surface area contributed by atoms with Gasteiger partial charge in [-0.25, -0.2) is 4.98 Å². The van der Waals surface area contributed by atoms with E-state index < -0.39 is 0 Å². The molecule has 3 heteroatoms. The molecule has 0 aromatic carbocycles. The fourth-order valence-corrected chi connectivity index (χ4v) is 0.973. The van der Waals surface area contributed by atoms with Crippen molar-refractivity contribution in [2.45, 2.75) is 0 Å². The molecule has 11 heavy (non-hydrogen) atoms. The molecule has 0 saturated carbocycles. The molecule has 0 spiro atoms. The topological polar surface area (TPSA) is 22.1 Å². The summed E-state index contributed by atoms with van der Waals surface area (Å²) in [5, 5.41) is 0. The number of rotatable bonds is 2. The molecule has 0 fully saturated rings. The van der Waals surface area contributed by atoms with Gasteiger partial charge in [-0.2, -0.15) is 0 Å².